The fourth-order valence-corrected chi connectivity index (χ4v) is 0.908. The van der Waals surface area contributed by atoms with Crippen LogP contribution in [0.5, 0.6) is 0 Å². The number of amides is 1. The summed E-state index contributed by atoms with van der Waals surface area (Å²) in [5.74, 6) is -0.0557. The van der Waals surface area contributed by atoms with Gasteiger partial charge >= 0.3 is 0 Å². The number of rotatable bonds is 3. The number of hydrogen-bond donors (Lipinski definition) is 1. The summed E-state index contributed by atoms with van der Waals surface area (Å²) in [5.41, 5.74) is 0.376. The maximum Gasteiger partial charge on any atom is 0.237 e. The molecule has 1 atom stereocenters. The van der Waals surface area contributed by atoms with E-state index >= 15 is 0 Å². The minimum atomic E-state index is -0.405. The Morgan fingerprint density at radius 2 is 2.27 bits per heavy atom. The van der Waals surface area contributed by atoms with Crippen molar-refractivity contribution in [2.24, 2.45) is 5.41 Å². The van der Waals surface area contributed by atoms with Crippen LogP contribution < -0.4 is 5.32 Å². The van der Waals surface area contributed by atoms with Crippen LogP contribution in [0.25, 0.3) is 0 Å². The first-order chi connectivity index (χ1) is 5.03. The first-order valence-electron chi connectivity index (χ1n) is 3.95. The third kappa shape index (κ3) is 2.70. The maximum atomic E-state index is 11.0. The van der Waals surface area contributed by atoms with Crippen LogP contribution in [-0.2, 0) is 4.79 Å². The Labute approximate surface area is 72.3 Å². The lowest BCUT2D eigenvalue weighted by Gasteiger charge is -2.10. The topological polar surface area (TPSA) is 29.1 Å². The molecule has 0 aromatic rings. The third-order valence-electron chi connectivity index (χ3n) is 2.15. The normalized spacial score (nSPS) is 22.5. The lowest BCUT2D eigenvalue weighted by Crippen LogP contribution is -2.33. The number of halogens is 1. The first kappa shape index (κ1) is 8.85. The summed E-state index contributed by atoms with van der Waals surface area (Å²) >= 11 is 5.57. The van der Waals surface area contributed by atoms with Crippen LogP contribution in [0.4, 0.5) is 0 Å². The Morgan fingerprint density at radius 3 is 2.64 bits per heavy atom. The van der Waals surface area contributed by atoms with Gasteiger partial charge < -0.3 is 5.32 Å². The number of carbonyl (C=O) groups excluding carboxylic acids is 1. The van der Waals surface area contributed by atoms with E-state index in [0.29, 0.717) is 5.41 Å². The fourth-order valence-electron chi connectivity index (χ4n) is 0.831. The maximum absolute atomic E-state index is 11.0. The average molecular weight is 176 g/mol. The molecule has 0 heterocycles. The van der Waals surface area contributed by atoms with Gasteiger partial charge in [0, 0.05) is 6.54 Å². The minimum Gasteiger partial charge on any atom is -0.354 e. The number of hydrogen-bond acceptors (Lipinski definition) is 1. The van der Waals surface area contributed by atoms with Crippen LogP contribution in [0.3, 0.4) is 0 Å². The van der Waals surface area contributed by atoms with Crippen molar-refractivity contribution < 1.29 is 4.79 Å². The molecule has 0 radical (unpaired) electrons. The molecule has 1 rings (SSSR count). The van der Waals surface area contributed by atoms with Crippen LogP contribution in [0.2, 0.25) is 0 Å². The van der Waals surface area contributed by atoms with Gasteiger partial charge in [0.25, 0.3) is 0 Å². The van der Waals surface area contributed by atoms with Gasteiger partial charge in [-0.2, -0.15) is 0 Å². The molecular weight excluding hydrogens is 162 g/mol. The van der Waals surface area contributed by atoms with Crippen molar-refractivity contribution in [1.29, 1.82) is 0 Å². The number of alkyl halides is 1. The van der Waals surface area contributed by atoms with E-state index in [9.17, 15) is 4.79 Å². The highest BCUT2D eigenvalue weighted by molar-refractivity contribution is 6.30. The summed E-state index contributed by atoms with van der Waals surface area (Å²) in [6.45, 7) is 4.64. The second kappa shape index (κ2) is 3.02. The van der Waals surface area contributed by atoms with Crippen LogP contribution in [0.1, 0.15) is 26.7 Å². The summed E-state index contributed by atoms with van der Waals surface area (Å²) in [4.78, 5) is 11.0. The van der Waals surface area contributed by atoms with Crippen molar-refractivity contribution in [2.45, 2.75) is 32.1 Å². The molecule has 11 heavy (non-hydrogen) atoms. The predicted octanol–water partition coefficient (Wildman–Crippen LogP) is 1.53. The second-order valence-corrected chi connectivity index (χ2v) is 4.30. The lowest BCUT2D eigenvalue weighted by molar-refractivity contribution is -0.120. The Hall–Kier alpha value is -0.240. The SMILES string of the molecule is CC(Cl)C(=O)NCC1(C)CC1. The zero-order chi connectivity index (χ0) is 8.48. The molecule has 1 amide bonds. The zero-order valence-electron chi connectivity index (χ0n) is 6.98. The van der Waals surface area contributed by atoms with Crippen molar-refractivity contribution >= 4 is 17.5 Å². The fraction of sp³-hybridized carbons (Fsp3) is 0.875. The molecule has 0 aromatic heterocycles. The van der Waals surface area contributed by atoms with E-state index in [1.54, 1.807) is 6.92 Å². The molecule has 1 aliphatic carbocycles. The third-order valence-corrected chi connectivity index (χ3v) is 2.35. The quantitative estimate of drug-likeness (QED) is 0.648. The van der Waals surface area contributed by atoms with E-state index in [0.717, 1.165) is 6.54 Å². The van der Waals surface area contributed by atoms with E-state index in [4.69, 9.17) is 11.6 Å². The standard InChI is InChI=1S/C8H14ClNO/c1-6(9)7(11)10-5-8(2)3-4-8/h6H,3-5H2,1-2H3,(H,10,11). The molecule has 0 aliphatic heterocycles. The monoisotopic (exact) mass is 175 g/mol. The van der Waals surface area contributed by atoms with Crippen LogP contribution in [0, 0.1) is 5.41 Å². The van der Waals surface area contributed by atoms with E-state index < -0.39 is 5.38 Å². The number of carbonyl (C=O) groups is 1. The molecule has 1 unspecified atom stereocenters. The highest BCUT2D eigenvalue weighted by atomic mass is 35.5. The van der Waals surface area contributed by atoms with Crippen LogP contribution in [-0.4, -0.2) is 17.8 Å². The smallest absolute Gasteiger partial charge is 0.237 e. The van der Waals surface area contributed by atoms with Gasteiger partial charge in [0.2, 0.25) is 5.91 Å². The second-order valence-electron chi connectivity index (χ2n) is 3.64. The van der Waals surface area contributed by atoms with Gasteiger partial charge in [-0.15, -0.1) is 11.6 Å². The Kier molecular flexibility index (Phi) is 2.43. The van der Waals surface area contributed by atoms with Crippen molar-refractivity contribution in [3.8, 4) is 0 Å². The van der Waals surface area contributed by atoms with Crippen molar-refractivity contribution in [1.82, 2.24) is 5.32 Å². The summed E-state index contributed by atoms with van der Waals surface area (Å²) in [7, 11) is 0. The molecule has 1 saturated carbocycles. The summed E-state index contributed by atoms with van der Waals surface area (Å²) in [6.07, 6.45) is 2.45. The summed E-state index contributed by atoms with van der Waals surface area (Å²) in [6, 6.07) is 0. The largest absolute Gasteiger partial charge is 0.354 e. The van der Waals surface area contributed by atoms with Gasteiger partial charge in [-0.25, -0.2) is 0 Å². The van der Waals surface area contributed by atoms with E-state index in [1.165, 1.54) is 12.8 Å². The van der Waals surface area contributed by atoms with Gasteiger partial charge in [-0.1, -0.05) is 6.92 Å². The van der Waals surface area contributed by atoms with Crippen molar-refractivity contribution in [3.05, 3.63) is 0 Å². The molecule has 3 heteroatoms. The minimum absolute atomic E-state index is 0.0557. The predicted molar refractivity (Wildman–Crippen MR) is 45.7 cm³/mol. The zero-order valence-corrected chi connectivity index (χ0v) is 7.74. The Balaban J connectivity index is 2.16. The molecular formula is C8H14ClNO. The molecule has 1 fully saturated rings. The average Bonchev–Trinajstić information content (AvgIpc) is 2.64. The molecule has 1 aliphatic rings. The Morgan fingerprint density at radius 1 is 1.73 bits per heavy atom. The lowest BCUT2D eigenvalue weighted by atomic mass is 10.1. The number of nitrogens with one attached hydrogen (secondary N) is 1. The van der Waals surface area contributed by atoms with Crippen molar-refractivity contribution in [3.63, 3.8) is 0 Å². The van der Waals surface area contributed by atoms with Gasteiger partial charge in [-0.05, 0) is 25.2 Å². The Bertz CT molecular complexity index is 163. The summed E-state index contributed by atoms with van der Waals surface area (Å²) < 4.78 is 0. The van der Waals surface area contributed by atoms with Crippen molar-refractivity contribution in [2.75, 3.05) is 6.54 Å². The van der Waals surface area contributed by atoms with E-state index in [2.05, 4.69) is 12.2 Å². The van der Waals surface area contributed by atoms with Gasteiger partial charge in [0.1, 0.15) is 5.38 Å². The summed E-state index contributed by atoms with van der Waals surface area (Å²) in [5, 5.41) is 2.41. The van der Waals surface area contributed by atoms with Crippen LogP contribution >= 0.6 is 11.6 Å². The van der Waals surface area contributed by atoms with Gasteiger partial charge in [0.05, 0.1) is 0 Å². The van der Waals surface area contributed by atoms with Crippen LogP contribution in [0.15, 0.2) is 0 Å². The first-order valence-corrected chi connectivity index (χ1v) is 4.39. The highest BCUT2D eigenvalue weighted by Gasteiger charge is 2.37. The molecule has 64 valence electrons. The highest BCUT2D eigenvalue weighted by Crippen LogP contribution is 2.43. The van der Waals surface area contributed by atoms with Gasteiger partial charge in [0.15, 0.2) is 0 Å². The molecule has 2 nitrogen and oxygen atoms in total. The molecule has 0 bridgehead atoms. The van der Waals surface area contributed by atoms with E-state index in [1.807, 2.05) is 0 Å². The molecule has 0 aromatic carbocycles. The molecule has 1 N–H and O–H groups in total. The molecule has 0 saturated heterocycles. The van der Waals surface area contributed by atoms with E-state index in [-0.39, 0.29) is 5.91 Å². The van der Waals surface area contributed by atoms with Gasteiger partial charge in [-0.3, -0.25) is 4.79 Å². The molecule has 0 spiro atoms.